The van der Waals surface area contributed by atoms with Crippen molar-refractivity contribution < 1.29 is 14.7 Å². The zero-order valence-electron chi connectivity index (χ0n) is 11.4. The van der Waals surface area contributed by atoms with Gasteiger partial charge in [-0.05, 0) is 38.8 Å². The zero-order valence-corrected chi connectivity index (χ0v) is 12.3. The third-order valence-corrected chi connectivity index (χ3v) is 4.49. The first-order chi connectivity index (χ1) is 9.56. The summed E-state index contributed by atoms with van der Waals surface area (Å²) in [7, 11) is 0. The van der Waals surface area contributed by atoms with E-state index in [1.807, 2.05) is 0 Å². The van der Waals surface area contributed by atoms with Gasteiger partial charge in [-0.15, -0.1) is 11.3 Å². The summed E-state index contributed by atoms with van der Waals surface area (Å²) in [4.78, 5) is 27.1. The number of piperidine rings is 1. The second kappa shape index (κ2) is 6.81. The smallest absolute Gasteiger partial charge is 0.347 e. The number of rotatable bonds is 5. The number of nitrogens with zero attached hydrogens (tertiary/aromatic N) is 1. The number of carboxylic acids is 1. The Kier molecular flexibility index (Phi) is 5.08. The lowest BCUT2D eigenvalue weighted by molar-refractivity contribution is -0.122. The lowest BCUT2D eigenvalue weighted by atomic mass is 9.96. The van der Waals surface area contributed by atoms with E-state index in [-0.39, 0.29) is 10.8 Å². The van der Waals surface area contributed by atoms with Gasteiger partial charge < -0.3 is 15.7 Å². The number of carbonyl (C=O) groups excluding carboxylic acids is 1. The Balaban J connectivity index is 1.80. The lowest BCUT2D eigenvalue weighted by Crippen LogP contribution is -2.34. The molecule has 1 aromatic heterocycles. The summed E-state index contributed by atoms with van der Waals surface area (Å²) in [5.41, 5.74) is 0.503. The van der Waals surface area contributed by atoms with Crippen LogP contribution in [0.1, 0.15) is 39.6 Å². The number of aromatic nitrogens is 1. The van der Waals surface area contributed by atoms with E-state index >= 15 is 0 Å². The molecule has 0 spiro atoms. The quantitative estimate of drug-likeness (QED) is 0.758. The molecule has 1 unspecified atom stereocenters. The molecule has 1 fully saturated rings. The molecule has 7 heteroatoms. The summed E-state index contributed by atoms with van der Waals surface area (Å²) in [5.74, 6) is -0.564. The maximum Gasteiger partial charge on any atom is 0.347 e. The van der Waals surface area contributed by atoms with Crippen molar-refractivity contribution >= 4 is 23.2 Å². The number of hydrogen-bond donors (Lipinski definition) is 3. The standard InChI is InChI=1S/C13H19N3O3S/c1-8-12(13(18)19)20-11(16-8)7-15-10(17)5-9-3-2-4-14-6-9/h9,14H,2-7H2,1H3,(H,15,17)(H,18,19). The molecule has 1 aliphatic rings. The van der Waals surface area contributed by atoms with E-state index < -0.39 is 5.97 Å². The third-order valence-electron chi connectivity index (χ3n) is 3.34. The van der Waals surface area contributed by atoms with E-state index in [1.54, 1.807) is 6.92 Å². The summed E-state index contributed by atoms with van der Waals surface area (Å²) >= 11 is 1.12. The molecule has 1 amide bonds. The first kappa shape index (κ1) is 14.9. The number of carbonyl (C=O) groups is 2. The molecule has 0 aliphatic carbocycles. The number of aromatic carboxylic acids is 1. The van der Waals surface area contributed by atoms with Crippen LogP contribution >= 0.6 is 11.3 Å². The minimum absolute atomic E-state index is 0.00317. The van der Waals surface area contributed by atoms with Gasteiger partial charge in [0.25, 0.3) is 0 Å². The molecule has 0 radical (unpaired) electrons. The molecular weight excluding hydrogens is 278 g/mol. The summed E-state index contributed by atoms with van der Waals surface area (Å²) < 4.78 is 0. The third kappa shape index (κ3) is 4.01. The van der Waals surface area contributed by atoms with E-state index in [4.69, 9.17) is 5.11 Å². The zero-order chi connectivity index (χ0) is 14.5. The molecule has 3 N–H and O–H groups in total. The van der Waals surface area contributed by atoms with Gasteiger partial charge in [0.2, 0.25) is 5.91 Å². The molecule has 110 valence electrons. The maximum absolute atomic E-state index is 11.8. The molecule has 6 nitrogen and oxygen atoms in total. The SMILES string of the molecule is Cc1nc(CNC(=O)CC2CCCNC2)sc1C(=O)O. The molecule has 20 heavy (non-hydrogen) atoms. The Labute approximate surface area is 121 Å². The van der Waals surface area contributed by atoms with Crippen molar-refractivity contribution in [1.29, 1.82) is 0 Å². The molecule has 1 atom stereocenters. The number of aryl methyl sites for hydroxylation is 1. The molecular formula is C13H19N3O3S. The van der Waals surface area contributed by atoms with Gasteiger partial charge in [-0.25, -0.2) is 9.78 Å². The topological polar surface area (TPSA) is 91.3 Å². The fraction of sp³-hybridized carbons (Fsp3) is 0.615. The second-order valence-corrected chi connectivity index (χ2v) is 6.10. The predicted octanol–water partition coefficient (Wildman–Crippen LogP) is 1.16. The van der Waals surface area contributed by atoms with Crippen molar-refractivity contribution in [3.05, 3.63) is 15.6 Å². The van der Waals surface area contributed by atoms with Crippen molar-refractivity contribution in [1.82, 2.24) is 15.6 Å². The average molecular weight is 297 g/mol. The van der Waals surface area contributed by atoms with Crippen molar-refractivity contribution in [3.63, 3.8) is 0 Å². The Morgan fingerprint density at radius 2 is 2.35 bits per heavy atom. The van der Waals surface area contributed by atoms with Crippen molar-refractivity contribution in [2.24, 2.45) is 5.92 Å². The first-order valence-electron chi connectivity index (χ1n) is 6.73. The van der Waals surface area contributed by atoms with Gasteiger partial charge in [0.15, 0.2) is 0 Å². The van der Waals surface area contributed by atoms with Crippen LogP contribution in [0.5, 0.6) is 0 Å². The highest BCUT2D eigenvalue weighted by Gasteiger charge is 2.18. The molecule has 0 saturated carbocycles. The van der Waals surface area contributed by atoms with Gasteiger partial charge in [-0.2, -0.15) is 0 Å². The van der Waals surface area contributed by atoms with E-state index in [0.29, 0.717) is 29.6 Å². The number of hydrogen-bond acceptors (Lipinski definition) is 5. The van der Waals surface area contributed by atoms with Gasteiger partial charge in [0, 0.05) is 6.42 Å². The molecule has 1 aromatic rings. The minimum atomic E-state index is -0.967. The number of thiazole rings is 1. The van der Waals surface area contributed by atoms with Gasteiger partial charge >= 0.3 is 5.97 Å². The van der Waals surface area contributed by atoms with Crippen molar-refractivity contribution in [2.75, 3.05) is 13.1 Å². The molecule has 0 aromatic carbocycles. The Hall–Kier alpha value is -1.47. The van der Waals surface area contributed by atoms with Gasteiger partial charge in [0.05, 0.1) is 12.2 Å². The van der Waals surface area contributed by atoms with Crippen LogP contribution in [0.25, 0.3) is 0 Å². The van der Waals surface area contributed by atoms with Gasteiger partial charge in [-0.3, -0.25) is 4.79 Å². The normalized spacial score (nSPS) is 18.8. The summed E-state index contributed by atoms with van der Waals surface area (Å²) in [6.07, 6.45) is 2.72. The van der Waals surface area contributed by atoms with Crippen LogP contribution in [0.2, 0.25) is 0 Å². The second-order valence-electron chi connectivity index (χ2n) is 5.02. The molecule has 0 bridgehead atoms. The van der Waals surface area contributed by atoms with Gasteiger partial charge in [-0.1, -0.05) is 0 Å². The van der Waals surface area contributed by atoms with Crippen LogP contribution in [0.3, 0.4) is 0 Å². The van der Waals surface area contributed by atoms with Crippen molar-refractivity contribution in [2.45, 2.75) is 32.7 Å². The number of carboxylic acid groups (broad SMARTS) is 1. The van der Waals surface area contributed by atoms with E-state index in [2.05, 4.69) is 15.6 Å². The Morgan fingerprint density at radius 1 is 1.55 bits per heavy atom. The fourth-order valence-corrected chi connectivity index (χ4v) is 3.18. The maximum atomic E-state index is 11.8. The van der Waals surface area contributed by atoms with Crippen LogP contribution < -0.4 is 10.6 Å². The first-order valence-corrected chi connectivity index (χ1v) is 7.55. The van der Waals surface area contributed by atoms with Crippen LogP contribution in [0, 0.1) is 12.8 Å². The summed E-state index contributed by atoms with van der Waals surface area (Å²) in [6.45, 7) is 3.90. The van der Waals surface area contributed by atoms with Crippen LogP contribution in [-0.2, 0) is 11.3 Å². The molecule has 1 aliphatic heterocycles. The molecule has 2 rings (SSSR count). The number of nitrogens with one attached hydrogen (secondary N) is 2. The van der Waals surface area contributed by atoms with E-state index in [0.717, 1.165) is 37.3 Å². The van der Waals surface area contributed by atoms with Crippen molar-refractivity contribution in [3.8, 4) is 0 Å². The van der Waals surface area contributed by atoms with Crippen LogP contribution in [-0.4, -0.2) is 35.1 Å². The summed E-state index contributed by atoms with van der Waals surface area (Å²) in [6, 6.07) is 0. The number of amides is 1. The van der Waals surface area contributed by atoms with E-state index in [9.17, 15) is 9.59 Å². The van der Waals surface area contributed by atoms with Crippen LogP contribution in [0.4, 0.5) is 0 Å². The molecule has 1 saturated heterocycles. The summed E-state index contributed by atoms with van der Waals surface area (Å²) in [5, 5.41) is 15.7. The Bertz CT molecular complexity index is 495. The van der Waals surface area contributed by atoms with E-state index in [1.165, 1.54) is 0 Å². The Morgan fingerprint density at radius 3 is 2.95 bits per heavy atom. The molecule has 2 heterocycles. The average Bonchev–Trinajstić information content (AvgIpc) is 2.79. The highest BCUT2D eigenvalue weighted by molar-refractivity contribution is 7.13. The fourth-order valence-electron chi connectivity index (χ4n) is 2.33. The highest BCUT2D eigenvalue weighted by Crippen LogP contribution is 2.18. The van der Waals surface area contributed by atoms with Crippen LogP contribution in [0.15, 0.2) is 0 Å². The predicted molar refractivity (Wildman–Crippen MR) is 75.9 cm³/mol. The monoisotopic (exact) mass is 297 g/mol. The van der Waals surface area contributed by atoms with Gasteiger partial charge in [0.1, 0.15) is 9.88 Å². The highest BCUT2D eigenvalue weighted by atomic mass is 32.1. The minimum Gasteiger partial charge on any atom is -0.477 e. The lowest BCUT2D eigenvalue weighted by Gasteiger charge is -2.21. The largest absolute Gasteiger partial charge is 0.477 e.